The zero-order valence-corrected chi connectivity index (χ0v) is 14.8. The van der Waals surface area contributed by atoms with Crippen LogP contribution in [0.15, 0.2) is 53.7 Å². The maximum Gasteiger partial charge on any atom is 0.317 e. The number of amides is 2. The number of anilines is 1. The molecule has 2 rings (SSSR count). The summed E-state index contributed by atoms with van der Waals surface area (Å²) in [4.78, 5) is 15.7. The monoisotopic (exact) mass is 337 g/mol. The van der Waals surface area contributed by atoms with Gasteiger partial charge in [-0.2, -0.15) is 5.10 Å². The highest BCUT2D eigenvalue weighted by molar-refractivity contribution is 6.10. The fraction of sp³-hybridized carbons (Fsp3) is 0.211. The number of rotatable bonds is 6. The van der Waals surface area contributed by atoms with Gasteiger partial charge in [-0.15, -0.1) is 0 Å². The second-order valence-electron chi connectivity index (χ2n) is 5.62. The van der Waals surface area contributed by atoms with E-state index in [-0.39, 0.29) is 0 Å². The number of nitrogens with zero attached hydrogens (tertiary/aromatic N) is 3. The number of hydrogen-bond acceptors (Lipinski definition) is 3. The molecule has 0 saturated heterocycles. The molecule has 0 aliphatic rings. The van der Waals surface area contributed by atoms with Crippen molar-refractivity contribution >= 4 is 23.6 Å². The van der Waals surface area contributed by atoms with Crippen LogP contribution in [-0.4, -0.2) is 22.0 Å². The van der Waals surface area contributed by atoms with E-state index in [4.69, 9.17) is 5.73 Å². The SMILES string of the molecule is C=C(C)/N=C\C(=C/CC)c1nn(-c2ccccc2)c(NC(N)=O)c1C. The molecule has 0 radical (unpaired) electrons. The molecule has 0 spiro atoms. The number of nitrogens with two attached hydrogens (primary N) is 1. The van der Waals surface area contributed by atoms with E-state index in [1.165, 1.54) is 0 Å². The lowest BCUT2D eigenvalue weighted by Crippen LogP contribution is -2.21. The van der Waals surface area contributed by atoms with Crippen molar-refractivity contribution in [1.82, 2.24) is 9.78 Å². The Morgan fingerprint density at radius 3 is 2.64 bits per heavy atom. The Labute approximate surface area is 147 Å². The molecule has 3 N–H and O–H groups in total. The molecule has 25 heavy (non-hydrogen) atoms. The highest BCUT2D eigenvalue weighted by Crippen LogP contribution is 2.27. The lowest BCUT2D eigenvalue weighted by Gasteiger charge is -2.07. The first-order valence-electron chi connectivity index (χ1n) is 8.05. The largest absolute Gasteiger partial charge is 0.351 e. The second kappa shape index (κ2) is 8.10. The summed E-state index contributed by atoms with van der Waals surface area (Å²) < 4.78 is 1.67. The van der Waals surface area contributed by atoms with E-state index in [9.17, 15) is 4.79 Å². The van der Waals surface area contributed by atoms with E-state index in [2.05, 4.69) is 22.0 Å². The average Bonchev–Trinajstić information content (AvgIpc) is 2.88. The number of aromatic nitrogens is 2. The summed E-state index contributed by atoms with van der Waals surface area (Å²) in [7, 11) is 0. The predicted octanol–water partition coefficient (Wildman–Crippen LogP) is 4.07. The van der Waals surface area contributed by atoms with Gasteiger partial charge in [-0.1, -0.05) is 37.8 Å². The molecule has 0 unspecified atom stereocenters. The Bertz CT molecular complexity index is 831. The molecule has 2 amide bonds. The first-order chi connectivity index (χ1) is 11.9. The van der Waals surface area contributed by atoms with Crippen molar-refractivity contribution in [2.75, 3.05) is 5.32 Å². The van der Waals surface area contributed by atoms with Gasteiger partial charge in [0.1, 0.15) is 5.82 Å². The summed E-state index contributed by atoms with van der Waals surface area (Å²) in [6.07, 6.45) is 4.60. The van der Waals surface area contributed by atoms with Crippen molar-refractivity contribution in [3.05, 3.63) is 59.9 Å². The number of hydrogen-bond donors (Lipinski definition) is 2. The number of urea groups is 1. The number of primary amides is 1. The third-order valence-electron chi connectivity index (χ3n) is 3.49. The highest BCUT2D eigenvalue weighted by Gasteiger charge is 2.18. The number of nitrogens with one attached hydrogen (secondary N) is 1. The molecular formula is C19H23N5O. The number of carbonyl (C=O) groups is 1. The van der Waals surface area contributed by atoms with Crippen molar-refractivity contribution < 1.29 is 4.79 Å². The molecule has 0 saturated carbocycles. The molecule has 130 valence electrons. The van der Waals surface area contributed by atoms with E-state index < -0.39 is 6.03 Å². The van der Waals surface area contributed by atoms with E-state index in [1.807, 2.05) is 57.2 Å². The Morgan fingerprint density at radius 2 is 2.08 bits per heavy atom. The third kappa shape index (κ3) is 4.44. The first-order valence-corrected chi connectivity index (χ1v) is 8.05. The summed E-state index contributed by atoms with van der Waals surface area (Å²) in [6.45, 7) is 9.55. The van der Waals surface area contributed by atoms with Crippen LogP contribution in [0.25, 0.3) is 11.3 Å². The maximum atomic E-state index is 11.4. The number of benzene rings is 1. The number of aliphatic imine (C=N–C) groups is 1. The van der Waals surface area contributed by atoms with Crippen LogP contribution in [0.5, 0.6) is 0 Å². The van der Waals surface area contributed by atoms with Crippen LogP contribution < -0.4 is 11.1 Å². The Balaban J connectivity index is 2.63. The van der Waals surface area contributed by atoms with Crippen LogP contribution in [0.4, 0.5) is 10.6 Å². The molecule has 1 aromatic heterocycles. The van der Waals surface area contributed by atoms with Crippen molar-refractivity contribution in [2.45, 2.75) is 27.2 Å². The Morgan fingerprint density at radius 1 is 1.40 bits per heavy atom. The van der Waals surface area contributed by atoms with Gasteiger partial charge in [0, 0.05) is 23.0 Å². The van der Waals surface area contributed by atoms with E-state index in [0.29, 0.717) is 11.5 Å². The van der Waals surface area contributed by atoms with Gasteiger partial charge < -0.3 is 5.73 Å². The van der Waals surface area contributed by atoms with Crippen molar-refractivity contribution in [2.24, 2.45) is 10.7 Å². The van der Waals surface area contributed by atoms with Gasteiger partial charge >= 0.3 is 6.03 Å². The van der Waals surface area contributed by atoms with Gasteiger partial charge in [0.2, 0.25) is 0 Å². The Kier molecular flexibility index (Phi) is 5.89. The molecule has 0 aliphatic heterocycles. The van der Waals surface area contributed by atoms with Crippen molar-refractivity contribution in [3.8, 4) is 5.69 Å². The average molecular weight is 337 g/mol. The zero-order valence-electron chi connectivity index (χ0n) is 14.8. The van der Waals surface area contributed by atoms with Gasteiger partial charge in [-0.05, 0) is 32.4 Å². The molecule has 0 atom stereocenters. The van der Waals surface area contributed by atoms with Gasteiger partial charge in [0.25, 0.3) is 0 Å². The molecule has 2 aromatic rings. The van der Waals surface area contributed by atoms with Gasteiger partial charge in [-0.3, -0.25) is 10.3 Å². The summed E-state index contributed by atoms with van der Waals surface area (Å²) in [6, 6.07) is 8.92. The standard InChI is InChI=1S/C19H23N5O/c1-5-9-15(12-21-13(2)3)17-14(4)18(22-19(20)25)24(23-17)16-10-7-6-8-11-16/h6-12H,2,5H2,1,3-4H3,(H3,20,22,25)/b15-9+,21-12-. The normalized spacial score (nSPS) is 11.7. The molecule has 6 heteroatoms. The summed E-state index contributed by atoms with van der Waals surface area (Å²) in [5, 5.41) is 7.36. The maximum absolute atomic E-state index is 11.4. The summed E-state index contributed by atoms with van der Waals surface area (Å²) in [5.41, 5.74) is 9.29. The van der Waals surface area contributed by atoms with Gasteiger partial charge in [0.15, 0.2) is 0 Å². The molecule has 0 fully saturated rings. The molecule has 0 bridgehead atoms. The number of allylic oxidation sites excluding steroid dienone is 3. The van der Waals surface area contributed by atoms with Crippen LogP contribution in [0, 0.1) is 6.92 Å². The zero-order chi connectivity index (χ0) is 18.4. The van der Waals surface area contributed by atoms with E-state index >= 15 is 0 Å². The third-order valence-corrected chi connectivity index (χ3v) is 3.49. The number of para-hydroxylation sites is 1. The minimum absolute atomic E-state index is 0.541. The van der Waals surface area contributed by atoms with Crippen LogP contribution >= 0.6 is 0 Å². The predicted molar refractivity (Wildman–Crippen MR) is 103 cm³/mol. The van der Waals surface area contributed by atoms with Crippen LogP contribution in [0.1, 0.15) is 31.5 Å². The Hall–Kier alpha value is -3.15. The highest BCUT2D eigenvalue weighted by atomic mass is 16.2. The fourth-order valence-corrected chi connectivity index (χ4v) is 2.40. The van der Waals surface area contributed by atoms with Crippen LogP contribution in [-0.2, 0) is 0 Å². The fourth-order valence-electron chi connectivity index (χ4n) is 2.40. The molecule has 0 aliphatic carbocycles. The minimum atomic E-state index is -0.636. The second-order valence-corrected chi connectivity index (χ2v) is 5.62. The molecule has 1 aromatic carbocycles. The lowest BCUT2D eigenvalue weighted by molar-refractivity contribution is 0.259. The van der Waals surface area contributed by atoms with Gasteiger partial charge in [0.05, 0.1) is 11.4 Å². The minimum Gasteiger partial charge on any atom is -0.351 e. The van der Waals surface area contributed by atoms with Crippen LogP contribution in [0.2, 0.25) is 0 Å². The van der Waals surface area contributed by atoms with E-state index in [0.717, 1.165) is 28.9 Å². The summed E-state index contributed by atoms with van der Waals surface area (Å²) >= 11 is 0. The molecule has 1 heterocycles. The van der Waals surface area contributed by atoms with Gasteiger partial charge in [-0.25, -0.2) is 9.48 Å². The quantitative estimate of drug-likeness (QED) is 0.779. The van der Waals surface area contributed by atoms with Crippen LogP contribution in [0.3, 0.4) is 0 Å². The number of carbonyl (C=O) groups excluding carboxylic acids is 1. The topological polar surface area (TPSA) is 85.3 Å². The summed E-state index contributed by atoms with van der Waals surface area (Å²) in [5.74, 6) is 0.541. The van der Waals surface area contributed by atoms with Crippen molar-refractivity contribution in [3.63, 3.8) is 0 Å². The lowest BCUT2D eigenvalue weighted by atomic mass is 10.1. The smallest absolute Gasteiger partial charge is 0.317 e. The van der Waals surface area contributed by atoms with E-state index in [1.54, 1.807) is 10.9 Å². The first kappa shape index (κ1) is 18.2. The molecule has 6 nitrogen and oxygen atoms in total. The molecular weight excluding hydrogens is 314 g/mol. The van der Waals surface area contributed by atoms with Crippen molar-refractivity contribution in [1.29, 1.82) is 0 Å².